The molecule has 8 heteroatoms. The van der Waals surface area contributed by atoms with Gasteiger partial charge in [-0.3, -0.25) is 8.98 Å². The lowest BCUT2D eigenvalue weighted by molar-refractivity contribution is -0.110. The number of carbonyl (C=O) groups is 1. The number of aryl methyl sites for hydroxylation is 1. The van der Waals surface area contributed by atoms with Gasteiger partial charge < -0.3 is 14.4 Å². The zero-order valence-electron chi connectivity index (χ0n) is 21.9. The lowest BCUT2D eigenvalue weighted by atomic mass is 10.1. The summed E-state index contributed by atoms with van der Waals surface area (Å²) in [6.07, 6.45) is 6.61. The van der Waals surface area contributed by atoms with Gasteiger partial charge >= 0.3 is 0 Å². The molecule has 3 aromatic carbocycles. The standard InChI is InChI=1S/C30H33NO6S/c1-24-4-18-30(19-5-24)38(33,34)37-23-21-35-20-22-36-29-16-10-26(11-17-29)9-15-28(32)14-8-25-6-12-27(13-7-25)31(2)3/h4-19H,20-23H2,1-3H3/b14-8+,15-9+. The highest BCUT2D eigenvalue weighted by molar-refractivity contribution is 7.86. The van der Waals surface area contributed by atoms with E-state index in [0.29, 0.717) is 12.4 Å². The zero-order chi connectivity index (χ0) is 27.4. The molecule has 0 saturated carbocycles. The number of rotatable bonds is 14. The molecule has 0 spiro atoms. The highest BCUT2D eigenvalue weighted by Crippen LogP contribution is 2.15. The predicted octanol–water partition coefficient (Wildman–Crippen LogP) is 5.16. The second-order valence-corrected chi connectivity index (χ2v) is 10.3. The molecule has 3 rings (SSSR count). The van der Waals surface area contributed by atoms with Crippen molar-refractivity contribution in [1.82, 2.24) is 0 Å². The monoisotopic (exact) mass is 535 g/mol. The Labute approximate surface area is 225 Å². The van der Waals surface area contributed by atoms with Gasteiger partial charge in [-0.15, -0.1) is 0 Å². The fourth-order valence-corrected chi connectivity index (χ4v) is 4.16. The highest BCUT2D eigenvalue weighted by Gasteiger charge is 2.14. The minimum Gasteiger partial charge on any atom is -0.491 e. The van der Waals surface area contributed by atoms with E-state index >= 15 is 0 Å². The van der Waals surface area contributed by atoms with Crippen LogP contribution in [-0.2, 0) is 23.8 Å². The van der Waals surface area contributed by atoms with Gasteiger partial charge in [0, 0.05) is 19.8 Å². The van der Waals surface area contributed by atoms with E-state index in [0.717, 1.165) is 22.4 Å². The molecule has 38 heavy (non-hydrogen) atoms. The Balaban J connectivity index is 1.33. The van der Waals surface area contributed by atoms with Crippen molar-refractivity contribution < 1.29 is 26.9 Å². The molecule has 0 heterocycles. The first-order valence-corrected chi connectivity index (χ1v) is 13.6. The molecular weight excluding hydrogens is 502 g/mol. The van der Waals surface area contributed by atoms with Gasteiger partial charge in [0.25, 0.3) is 10.1 Å². The summed E-state index contributed by atoms with van der Waals surface area (Å²) in [4.78, 5) is 14.3. The first-order chi connectivity index (χ1) is 18.2. The first-order valence-electron chi connectivity index (χ1n) is 12.2. The molecule has 0 fully saturated rings. The molecule has 0 atom stereocenters. The van der Waals surface area contributed by atoms with E-state index in [4.69, 9.17) is 13.7 Å². The summed E-state index contributed by atoms with van der Waals surface area (Å²) < 4.78 is 40.3. The van der Waals surface area contributed by atoms with Gasteiger partial charge in [-0.2, -0.15) is 8.42 Å². The summed E-state index contributed by atoms with van der Waals surface area (Å²) in [6, 6.07) is 21.7. The molecule has 200 valence electrons. The minimum atomic E-state index is -3.79. The second-order valence-electron chi connectivity index (χ2n) is 8.67. The number of anilines is 1. The number of benzene rings is 3. The van der Waals surface area contributed by atoms with Crippen molar-refractivity contribution in [3.63, 3.8) is 0 Å². The molecule has 0 aliphatic heterocycles. The number of hydrogen-bond acceptors (Lipinski definition) is 7. The molecule has 0 aliphatic carbocycles. The predicted molar refractivity (Wildman–Crippen MR) is 151 cm³/mol. The van der Waals surface area contributed by atoms with Crippen LogP contribution in [0.25, 0.3) is 12.2 Å². The molecule has 0 bridgehead atoms. The normalized spacial score (nSPS) is 11.8. The Morgan fingerprint density at radius 3 is 1.89 bits per heavy atom. The summed E-state index contributed by atoms with van der Waals surface area (Å²) in [7, 11) is 0.174. The lowest BCUT2D eigenvalue weighted by Crippen LogP contribution is -2.14. The Morgan fingerprint density at radius 2 is 1.32 bits per heavy atom. The molecule has 0 aromatic heterocycles. The Kier molecular flexibility index (Phi) is 10.8. The third-order valence-electron chi connectivity index (χ3n) is 5.44. The summed E-state index contributed by atoms with van der Waals surface area (Å²) in [5.74, 6) is 0.561. The van der Waals surface area contributed by atoms with Gasteiger partial charge in [0.2, 0.25) is 0 Å². The van der Waals surface area contributed by atoms with Gasteiger partial charge in [0.1, 0.15) is 12.4 Å². The summed E-state index contributed by atoms with van der Waals surface area (Å²) in [5.41, 5.74) is 3.91. The average Bonchev–Trinajstić information content (AvgIpc) is 2.91. The Morgan fingerprint density at radius 1 is 0.763 bits per heavy atom. The molecule has 0 radical (unpaired) electrons. The third kappa shape index (κ3) is 9.63. The van der Waals surface area contributed by atoms with Crippen molar-refractivity contribution in [2.24, 2.45) is 0 Å². The average molecular weight is 536 g/mol. The number of ketones is 1. The number of ether oxygens (including phenoxy) is 2. The fraction of sp³-hybridized carbons (Fsp3) is 0.233. The summed E-state index contributed by atoms with van der Waals surface area (Å²) in [6.45, 7) is 2.53. The maximum absolute atomic E-state index is 12.2. The van der Waals surface area contributed by atoms with Gasteiger partial charge in [-0.25, -0.2) is 0 Å². The van der Waals surface area contributed by atoms with E-state index in [-0.39, 0.29) is 30.5 Å². The maximum atomic E-state index is 12.2. The number of hydrogen-bond donors (Lipinski definition) is 0. The van der Waals surface area contributed by atoms with Crippen molar-refractivity contribution in [1.29, 1.82) is 0 Å². The van der Waals surface area contributed by atoms with Crippen molar-refractivity contribution in [2.45, 2.75) is 11.8 Å². The van der Waals surface area contributed by atoms with Crippen molar-refractivity contribution in [2.75, 3.05) is 45.4 Å². The van der Waals surface area contributed by atoms with Crippen LogP contribution in [0.15, 0.2) is 89.8 Å². The second kappa shape index (κ2) is 14.3. The Hall–Kier alpha value is -3.72. The van der Waals surface area contributed by atoms with Crippen LogP contribution < -0.4 is 9.64 Å². The molecule has 0 N–H and O–H groups in total. The Bertz CT molecular complexity index is 1330. The molecule has 7 nitrogen and oxygen atoms in total. The molecule has 0 aliphatic rings. The maximum Gasteiger partial charge on any atom is 0.297 e. The topological polar surface area (TPSA) is 82.1 Å². The van der Waals surface area contributed by atoms with Crippen LogP contribution in [0.3, 0.4) is 0 Å². The molecular formula is C30H33NO6S. The zero-order valence-corrected chi connectivity index (χ0v) is 22.7. The SMILES string of the molecule is Cc1ccc(S(=O)(=O)OCCOCCOc2ccc(/C=C/C(=O)/C=C/c3ccc(N(C)C)cc3)cc2)cc1. The van der Waals surface area contributed by atoms with Crippen molar-refractivity contribution in [3.05, 3.63) is 102 Å². The van der Waals surface area contributed by atoms with Crippen molar-refractivity contribution in [3.8, 4) is 5.75 Å². The number of carbonyl (C=O) groups excluding carboxylic acids is 1. The first kappa shape index (κ1) is 28.8. The van der Waals surface area contributed by atoms with Gasteiger partial charge in [0.15, 0.2) is 5.78 Å². The fourth-order valence-electron chi connectivity index (χ4n) is 3.27. The van der Waals surface area contributed by atoms with Crippen molar-refractivity contribution >= 4 is 33.7 Å². The molecule has 3 aromatic rings. The van der Waals surface area contributed by atoms with Gasteiger partial charge in [-0.1, -0.05) is 54.1 Å². The van der Waals surface area contributed by atoms with Crippen LogP contribution in [0.1, 0.15) is 16.7 Å². The van der Waals surface area contributed by atoms with Gasteiger partial charge in [0.05, 0.1) is 24.7 Å². The molecule has 0 amide bonds. The van der Waals surface area contributed by atoms with E-state index in [9.17, 15) is 13.2 Å². The van der Waals surface area contributed by atoms with Crippen LogP contribution in [0.2, 0.25) is 0 Å². The number of nitrogens with zero attached hydrogens (tertiary/aromatic N) is 1. The van der Waals surface area contributed by atoms with E-state index in [1.165, 1.54) is 18.2 Å². The van der Waals surface area contributed by atoms with Crippen LogP contribution in [0.4, 0.5) is 5.69 Å². The van der Waals surface area contributed by atoms with Gasteiger partial charge in [-0.05, 0) is 66.6 Å². The molecule has 0 unspecified atom stereocenters. The van der Waals surface area contributed by atoms with Crippen LogP contribution >= 0.6 is 0 Å². The highest BCUT2D eigenvalue weighted by atomic mass is 32.2. The van der Waals surface area contributed by atoms with E-state index in [1.807, 2.05) is 74.4 Å². The summed E-state index contributed by atoms with van der Waals surface area (Å²) in [5, 5.41) is 0. The van der Waals surface area contributed by atoms with E-state index in [1.54, 1.807) is 30.4 Å². The minimum absolute atomic E-state index is 0.0755. The lowest BCUT2D eigenvalue weighted by Gasteiger charge is -2.11. The van der Waals surface area contributed by atoms with E-state index in [2.05, 4.69) is 0 Å². The number of allylic oxidation sites excluding steroid dienone is 2. The van der Waals surface area contributed by atoms with Crippen LogP contribution in [0.5, 0.6) is 5.75 Å². The summed E-state index contributed by atoms with van der Waals surface area (Å²) >= 11 is 0. The van der Waals surface area contributed by atoms with Crippen LogP contribution in [0, 0.1) is 6.92 Å². The van der Waals surface area contributed by atoms with Crippen LogP contribution in [-0.4, -0.2) is 54.7 Å². The third-order valence-corrected chi connectivity index (χ3v) is 6.77. The molecule has 0 saturated heterocycles. The quantitative estimate of drug-likeness (QED) is 0.160. The van der Waals surface area contributed by atoms with E-state index < -0.39 is 10.1 Å². The smallest absolute Gasteiger partial charge is 0.297 e. The largest absolute Gasteiger partial charge is 0.491 e.